The van der Waals surface area contributed by atoms with E-state index in [1.807, 2.05) is 0 Å². The van der Waals surface area contributed by atoms with E-state index in [1.54, 1.807) is 29.2 Å². The molecule has 34 heavy (non-hydrogen) atoms. The van der Waals surface area contributed by atoms with Crippen LogP contribution in [0, 0.1) is 0 Å². The summed E-state index contributed by atoms with van der Waals surface area (Å²) in [7, 11) is 2.83. The van der Waals surface area contributed by atoms with Gasteiger partial charge in [0.05, 0.1) is 12.7 Å². The molecular formula is C23H23F3N4O4. The van der Waals surface area contributed by atoms with Gasteiger partial charge in [-0.15, -0.1) is 5.10 Å². The summed E-state index contributed by atoms with van der Waals surface area (Å²) in [6.45, 7) is 0.649. The molecule has 0 spiro atoms. The van der Waals surface area contributed by atoms with Crippen LogP contribution in [0.3, 0.4) is 0 Å². The van der Waals surface area contributed by atoms with Gasteiger partial charge in [-0.1, -0.05) is 24.3 Å². The predicted octanol–water partition coefficient (Wildman–Crippen LogP) is 3.01. The smallest absolute Gasteiger partial charge is 0.419 e. The lowest BCUT2D eigenvalue weighted by Crippen LogP contribution is -2.46. The summed E-state index contributed by atoms with van der Waals surface area (Å²) in [5.41, 5.74) is -1.62. The van der Waals surface area contributed by atoms with Crippen LogP contribution in [0.1, 0.15) is 18.4 Å². The van der Waals surface area contributed by atoms with Gasteiger partial charge in [0.15, 0.2) is 0 Å². The lowest BCUT2D eigenvalue weighted by Gasteiger charge is -2.33. The van der Waals surface area contributed by atoms with Crippen LogP contribution in [-0.2, 0) is 13.2 Å². The molecule has 0 amide bonds. The van der Waals surface area contributed by atoms with E-state index < -0.39 is 29.1 Å². The number of alkyl halides is 3. The van der Waals surface area contributed by atoms with E-state index in [-0.39, 0.29) is 11.6 Å². The molecular weight excluding hydrogens is 453 g/mol. The summed E-state index contributed by atoms with van der Waals surface area (Å²) >= 11 is 0. The van der Waals surface area contributed by atoms with Crippen LogP contribution in [-0.4, -0.2) is 40.7 Å². The minimum Gasteiger partial charge on any atom is -0.494 e. The zero-order valence-electron chi connectivity index (χ0n) is 18.6. The van der Waals surface area contributed by atoms with E-state index in [0.29, 0.717) is 37.4 Å². The van der Waals surface area contributed by atoms with E-state index in [1.165, 1.54) is 32.4 Å². The van der Waals surface area contributed by atoms with Crippen LogP contribution >= 0.6 is 0 Å². The van der Waals surface area contributed by atoms with Crippen LogP contribution in [0.2, 0.25) is 0 Å². The second-order valence-electron chi connectivity index (χ2n) is 7.85. The number of benzene rings is 2. The fourth-order valence-corrected chi connectivity index (χ4v) is 3.89. The minimum absolute atomic E-state index is 0.0714. The van der Waals surface area contributed by atoms with Crippen molar-refractivity contribution in [1.82, 2.24) is 14.3 Å². The van der Waals surface area contributed by atoms with Gasteiger partial charge in [0.2, 0.25) is 5.82 Å². The highest BCUT2D eigenvalue weighted by molar-refractivity contribution is 5.47. The second-order valence-corrected chi connectivity index (χ2v) is 7.85. The molecule has 1 saturated heterocycles. The zero-order chi connectivity index (χ0) is 24.5. The third-order valence-electron chi connectivity index (χ3n) is 5.70. The number of rotatable bonds is 5. The predicted molar refractivity (Wildman–Crippen MR) is 119 cm³/mol. The number of aromatic nitrogens is 3. The number of piperidine rings is 1. The molecule has 0 saturated carbocycles. The summed E-state index contributed by atoms with van der Waals surface area (Å²) in [5.74, 6) is 0.270. The number of halogens is 3. The van der Waals surface area contributed by atoms with Crippen molar-refractivity contribution >= 4 is 5.82 Å². The highest BCUT2D eigenvalue weighted by atomic mass is 19.4. The van der Waals surface area contributed by atoms with Crippen LogP contribution < -0.4 is 25.6 Å². The molecule has 0 unspecified atom stereocenters. The zero-order valence-corrected chi connectivity index (χ0v) is 18.6. The first-order chi connectivity index (χ1) is 16.2. The summed E-state index contributed by atoms with van der Waals surface area (Å²) in [4.78, 5) is 27.3. The average molecular weight is 476 g/mol. The van der Waals surface area contributed by atoms with Gasteiger partial charge < -0.3 is 14.4 Å². The monoisotopic (exact) mass is 476 g/mol. The normalized spacial score (nSPS) is 14.8. The van der Waals surface area contributed by atoms with Crippen LogP contribution in [0.25, 0.3) is 5.69 Å². The molecule has 2 heterocycles. The molecule has 1 aromatic heterocycles. The number of nitrogens with zero attached hydrogens (tertiary/aromatic N) is 4. The molecule has 4 rings (SSSR count). The third kappa shape index (κ3) is 4.50. The van der Waals surface area contributed by atoms with Gasteiger partial charge in [0.1, 0.15) is 23.3 Å². The number of ether oxygens (including phenoxy) is 2. The first kappa shape index (κ1) is 23.4. The molecule has 0 aliphatic carbocycles. The standard InChI is InChI=1S/C23H23F3N4O4/c1-28-21(31)20(27-30(22(28)32)17-8-4-6-10-19(17)33-2)29-13-11-15(12-14-29)34-18-9-5-3-7-16(18)23(24,25)26/h3-10,15H,11-14H2,1-2H3. The van der Waals surface area contributed by atoms with Gasteiger partial charge in [-0.05, 0) is 24.3 Å². The maximum atomic E-state index is 13.3. The Bertz CT molecular complexity index is 1290. The fraction of sp³-hybridized carbons (Fsp3) is 0.348. The van der Waals surface area contributed by atoms with Crippen LogP contribution in [0.15, 0.2) is 58.1 Å². The summed E-state index contributed by atoms with van der Waals surface area (Å²) in [5, 5.41) is 4.32. The molecule has 2 aromatic carbocycles. The Morgan fingerprint density at radius 3 is 2.24 bits per heavy atom. The summed E-state index contributed by atoms with van der Waals surface area (Å²) in [6, 6.07) is 11.9. The van der Waals surface area contributed by atoms with Gasteiger partial charge >= 0.3 is 11.9 Å². The fourth-order valence-electron chi connectivity index (χ4n) is 3.89. The molecule has 1 aliphatic heterocycles. The Labute approximate surface area is 192 Å². The van der Waals surface area contributed by atoms with E-state index in [4.69, 9.17) is 9.47 Å². The molecule has 1 fully saturated rings. The maximum absolute atomic E-state index is 13.3. The quantitative estimate of drug-likeness (QED) is 0.564. The molecule has 0 atom stereocenters. The molecule has 8 nitrogen and oxygen atoms in total. The van der Waals surface area contributed by atoms with Crippen LogP contribution in [0.4, 0.5) is 19.0 Å². The number of hydrogen-bond acceptors (Lipinski definition) is 6. The van der Waals surface area contributed by atoms with Gasteiger partial charge in [0, 0.05) is 33.0 Å². The van der Waals surface area contributed by atoms with Crippen molar-refractivity contribution < 1.29 is 22.6 Å². The lowest BCUT2D eigenvalue weighted by atomic mass is 10.1. The first-order valence-corrected chi connectivity index (χ1v) is 10.6. The van der Waals surface area contributed by atoms with Crippen molar-refractivity contribution in [3.8, 4) is 17.2 Å². The maximum Gasteiger partial charge on any atom is 0.419 e. The van der Waals surface area contributed by atoms with Gasteiger partial charge in [-0.25, -0.2) is 4.79 Å². The number of anilines is 1. The largest absolute Gasteiger partial charge is 0.494 e. The van der Waals surface area contributed by atoms with E-state index >= 15 is 0 Å². The molecule has 0 N–H and O–H groups in total. The van der Waals surface area contributed by atoms with Gasteiger partial charge in [0.25, 0.3) is 5.56 Å². The van der Waals surface area contributed by atoms with Gasteiger partial charge in [-0.2, -0.15) is 17.9 Å². The Morgan fingerprint density at radius 1 is 0.971 bits per heavy atom. The Morgan fingerprint density at radius 2 is 1.59 bits per heavy atom. The molecule has 0 bridgehead atoms. The highest BCUT2D eigenvalue weighted by Gasteiger charge is 2.35. The van der Waals surface area contributed by atoms with Crippen molar-refractivity contribution in [1.29, 1.82) is 0 Å². The van der Waals surface area contributed by atoms with E-state index in [2.05, 4.69) is 5.10 Å². The minimum atomic E-state index is -4.51. The first-order valence-electron chi connectivity index (χ1n) is 10.6. The van der Waals surface area contributed by atoms with Crippen molar-refractivity contribution in [3.63, 3.8) is 0 Å². The third-order valence-corrected chi connectivity index (χ3v) is 5.70. The van der Waals surface area contributed by atoms with Crippen molar-refractivity contribution in [2.24, 2.45) is 7.05 Å². The lowest BCUT2D eigenvalue weighted by molar-refractivity contribution is -0.139. The highest BCUT2D eigenvalue weighted by Crippen LogP contribution is 2.37. The average Bonchev–Trinajstić information content (AvgIpc) is 2.83. The molecule has 11 heteroatoms. The molecule has 180 valence electrons. The number of hydrogen-bond donors (Lipinski definition) is 0. The Hall–Kier alpha value is -3.76. The second kappa shape index (κ2) is 9.24. The SMILES string of the molecule is COc1ccccc1-n1nc(N2CCC(Oc3ccccc3C(F)(F)F)CC2)c(=O)n(C)c1=O. The molecule has 0 radical (unpaired) electrons. The molecule has 3 aromatic rings. The van der Waals surface area contributed by atoms with Crippen molar-refractivity contribution in [2.75, 3.05) is 25.1 Å². The van der Waals surface area contributed by atoms with Gasteiger partial charge in [-0.3, -0.25) is 9.36 Å². The summed E-state index contributed by atoms with van der Waals surface area (Å²) < 4.78 is 52.9. The van der Waals surface area contributed by atoms with Crippen molar-refractivity contribution in [2.45, 2.75) is 25.1 Å². The van der Waals surface area contributed by atoms with E-state index in [9.17, 15) is 22.8 Å². The number of para-hydroxylation sites is 3. The Kier molecular flexibility index (Phi) is 6.36. The summed E-state index contributed by atoms with van der Waals surface area (Å²) in [6.07, 6.45) is -4.21. The van der Waals surface area contributed by atoms with Crippen LogP contribution in [0.5, 0.6) is 11.5 Å². The molecule has 1 aliphatic rings. The number of methoxy groups -OCH3 is 1. The van der Waals surface area contributed by atoms with Crippen molar-refractivity contribution in [3.05, 3.63) is 74.9 Å². The topological polar surface area (TPSA) is 78.6 Å². The van der Waals surface area contributed by atoms with E-state index in [0.717, 1.165) is 15.3 Å². The Balaban J connectivity index is 1.57.